The first-order valence-corrected chi connectivity index (χ1v) is 11.6. The summed E-state index contributed by atoms with van der Waals surface area (Å²) in [7, 11) is 0. The molecule has 0 aromatic heterocycles. The Morgan fingerprint density at radius 2 is 2.00 bits per heavy atom. The maximum absolute atomic E-state index is 15.0. The molecule has 0 amide bonds. The van der Waals surface area contributed by atoms with Crippen LogP contribution in [0.5, 0.6) is 0 Å². The molecular formula is C23H36F2O5. The molecule has 1 aliphatic carbocycles. The fraction of sp³-hybridized carbons (Fsp3) is 0.870. The maximum atomic E-state index is 15.0. The molecule has 4 unspecified atom stereocenters. The Balaban J connectivity index is 1.73. The van der Waals surface area contributed by atoms with Crippen molar-refractivity contribution in [2.45, 2.75) is 95.2 Å². The normalized spacial score (nSPS) is 30.3. The maximum Gasteiger partial charge on any atom is 0.277 e. The minimum Gasteiger partial charge on any atom is -0.353 e. The molecule has 0 aromatic rings. The van der Waals surface area contributed by atoms with Gasteiger partial charge < -0.3 is 23.7 Å². The first kappa shape index (κ1) is 23.8. The van der Waals surface area contributed by atoms with Crippen LogP contribution in [-0.4, -0.2) is 50.2 Å². The number of aldehydes is 1. The number of carbonyl (C=O) groups is 1. The van der Waals surface area contributed by atoms with Gasteiger partial charge in [0.25, 0.3) is 5.92 Å². The average molecular weight is 431 g/mol. The Morgan fingerprint density at radius 1 is 1.20 bits per heavy atom. The Labute approximate surface area is 178 Å². The number of ether oxygens (including phenoxy) is 4. The summed E-state index contributed by atoms with van der Waals surface area (Å²) in [5.41, 5.74) is 0. The van der Waals surface area contributed by atoms with Crippen LogP contribution in [0.1, 0.15) is 71.1 Å². The van der Waals surface area contributed by atoms with Crippen molar-refractivity contribution in [1.29, 1.82) is 0 Å². The fourth-order valence-corrected chi connectivity index (χ4v) is 4.89. The molecule has 1 spiro atoms. The van der Waals surface area contributed by atoms with E-state index in [-0.39, 0.29) is 18.3 Å². The third-order valence-electron chi connectivity index (χ3n) is 6.53. The standard InChI is InChI=1S/C23H36F2O5/c1-2-3-12-22(24,25)20(30-21-8-4-5-15-27-21)10-9-18-11-13-23(28-16-17-29-23)19(18)7-6-14-26/h9-10,14,18-21H,2-8,11-13,15-17H2,1H3/b10-9+. The fourth-order valence-electron chi connectivity index (χ4n) is 4.89. The third kappa shape index (κ3) is 5.87. The molecule has 30 heavy (non-hydrogen) atoms. The highest BCUT2D eigenvalue weighted by atomic mass is 19.3. The van der Waals surface area contributed by atoms with Crippen LogP contribution in [0.3, 0.4) is 0 Å². The highest BCUT2D eigenvalue weighted by Crippen LogP contribution is 2.48. The summed E-state index contributed by atoms with van der Waals surface area (Å²) < 4.78 is 53.1. The van der Waals surface area contributed by atoms with E-state index in [1.54, 1.807) is 0 Å². The predicted molar refractivity (Wildman–Crippen MR) is 108 cm³/mol. The van der Waals surface area contributed by atoms with Crippen LogP contribution in [0.2, 0.25) is 0 Å². The minimum absolute atomic E-state index is 0.0164. The van der Waals surface area contributed by atoms with Gasteiger partial charge in [-0.25, -0.2) is 8.78 Å². The molecule has 4 atom stereocenters. The second-order valence-corrected chi connectivity index (χ2v) is 8.66. The number of carbonyl (C=O) groups excluding carboxylic acids is 1. The summed E-state index contributed by atoms with van der Waals surface area (Å²) in [5, 5.41) is 0. The van der Waals surface area contributed by atoms with Gasteiger partial charge in [0.15, 0.2) is 12.1 Å². The van der Waals surface area contributed by atoms with Gasteiger partial charge in [0.2, 0.25) is 0 Å². The molecular weight excluding hydrogens is 394 g/mol. The van der Waals surface area contributed by atoms with Gasteiger partial charge in [-0.05, 0) is 44.4 Å². The summed E-state index contributed by atoms with van der Waals surface area (Å²) in [4.78, 5) is 11.0. The summed E-state index contributed by atoms with van der Waals surface area (Å²) in [5.74, 6) is -3.63. The van der Waals surface area contributed by atoms with Gasteiger partial charge in [-0.3, -0.25) is 0 Å². The molecule has 2 saturated heterocycles. The lowest BCUT2D eigenvalue weighted by Gasteiger charge is -2.32. The first-order chi connectivity index (χ1) is 14.5. The Bertz CT molecular complexity index is 556. The number of hydrogen-bond donors (Lipinski definition) is 0. The SMILES string of the molecule is CCCCC(F)(F)C(/C=C/C1CCC2(OCCO2)C1CCC=O)OC1CCCCO1. The molecule has 0 bridgehead atoms. The number of rotatable bonds is 11. The summed E-state index contributed by atoms with van der Waals surface area (Å²) in [6, 6.07) is 0. The molecule has 3 fully saturated rings. The quantitative estimate of drug-likeness (QED) is 0.340. The van der Waals surface area contributed by atoms with E-state index in [1.807, 2.05) is 13.0 Å². The van der Waals surface area contributed by atoms with Crippen LogP contribution < -0.4 is 0 Å². The van der Waals surface area contributed by atoms with Gasteiger partial charge in [0, 0.05) is 31.8 Å². The molecule has 2 aliphatic heterocycles. The van der Waals surface area contributed by atoms with Crippen LogP contribution in [0, 0.1) is 11.8 Å². The molecule has 2 heterocycles. The Kier molecular flexibility index (Phi) is 8.81. The summed E-state index contributed by atoms with van der Waals surface area (Å²) in [6.07, 6.45) is 8.37. The summed E-state index contributed by atoms with van der Waals surface area (Å²) in [6.45, 7) is 3.53. The molecule has 0 N–H and O–H groups in total. The summed E-state index contributed by atoms with van der Waals surface area (Å²) >= 11 is 0. The minimum atomic E-state index is -2.96. The molecule has 172 valence electrons. The van der Waals surface area contributed by atoms with Gasteiger partial charge in [0.05, 0.1) is 13.2 Å². The van der Waals surface area contributed by atoms with E-state index in [1.165, 1.54) is 6.08 Å². The Morgan fingerprint density at radius 3 is 2.67 bits per heavy atom. The van der Waals surface area contributed by atoms with Crippen molar-refractivity contribution in [3.8, 4) is 0 Å². The average Bonchev–Trinajstić information content (AvgIpc) is 3.36. The number of hydrogen-bond acceptors (Lipinski definition) is 5. The van der Waals surface area contributed by atoms with Gasteiger partial charge in [-0.1, -0.05) is 25.5 Å². The highest BCUT2D eigenvalue weighted by Gasteiger charge is 2.51. The third-order valence-corrected chi connectivity index (χ3v) is 6.53. The number of allylic oxidation sites excluding steroid dienone is 1. The Hall–Kier alpha value is -0.890. The van der Waals surface area contributed by atoms with Gasteiger partial charge >= 0.3 is 0 Å². The van der Waals surface area contributed by atoms with Crippen molar-refractivity contribution in [3.63, 3.8) is 0 Å². The van der Waals surface area contributed by atoms with Crippen LogP contribution in [-0.2, 0) is 23.7 Å². The number of alkyl halides is 2. The van der Waals surface area contributed by atoms with Crippen molar-refractivity contribution in [2.75, 3.05) is 19.8 Å². The van der Waals surface area contributed by atoms with Crippen LogP contribution >= 0.6 is 0 Å². The van der Waals surface area contributed by atoms with E-state index >= 15 is 0 Å². The highest BCUT2D eigenvalue weighted by molar-refractivity contribution is 5.49. The van der Waals surface area contributed by atoms with Gasteiger partial charge in [-0.2, -0.15) is 0 Å². The lowest BCUT2D eigenvalue weighted by atomic mass is 9.87. The molecule has 7 heteroatoms. The van der Waals surface area contributed by atoms with Crippen LogP contribution in [0.4, 0.5) is 8.78 Å². The monoisotopic (exact) mass is 430 g/mol. The van der Waals surface area contributed by atoms with Crippen molar-refractivity contribution >= 4 is 6.29 Å². The predicted octanol–water partition coefficient (Wildman–Crippen LogP) is 5.03. The zero-order chi connectivity index (χ0) is 21.5. The lowest BCUT2D eigenvalue weighted by molar-refractivity contribution is -0.226. The van der Waals surface area contributed by atoms with Gasteiger partial charge in [-0.15, -0.1) is 0 Å². The van der Waals surface area contributed by atoms with E-state index in [0.29, 0.717) is 51.9 Å². The van der Waals surface area contributed by atoms with Crippen molar-refractivity contribution < 1.29 is 32.5 Å². The van der Waals surface area contributed by atoms with Crippen LogP contribution in [0.25, 0.3) is 0 Å². The zero-order valence-electron chi connectivity index (χ0n) is 18.0. The number of halogens is 2. The van der Waals surface area contributed by atoms with E-state index in [0.717, 1.165) is 32.0 Å². The smallest absolute Gasteiger partial charge is 0.277 e. The van der Waals surface area contributed by atoms with Crippen molar-refractivity contribution in [3.05, 3.63) is 12.2 Å². The molecule has 0 aromatic carbocycles. The topological polar surface area (TPSA) is 54.0 Å². The largest absolute Gasteiger partial charge is 0.353 e. The second kappa shape index (κ2) is 11.1. The first-order valence-electron chi connectivity index (χ1n) is 11.6. The molecule has 3 rings (SSSR count). The molecule has 1 saturated carbocycles. The van der Waals surface area contributed by atoms with E-state index in [4.69, 9.17) is 18.9 Å². The zero-order valence-corrected chi connectivity index (χ0v) is 18.0. The van der Waals surface area contributed by atoms with E-state index in [2.05, 4.69) is 0 Å². The van der Waals surface area contributed by atoms with Crippen molar-refractivity contribution in [1.82, 2.24) is 0 Å². The number of unbranched alkanes of at least 4 members (excludes halogenated alkanes) is 1. The van der Waals surface area contributed by atoms with Crippen LogP contribution in [0.15, 0.2) is 12.2 Å². The van der Waals surface area contributed by atoms with E-state index < -0.39 is 24.1 Å². The molecule has 3 aliphatic rings. The molecule has 5 nitrogen and oxygen atoms in total. The van der Waals surface area contributed by atoms with Gasteiger partial charge in [0.1, 0.15) is 12.4 Å². The van der Waals surface area contributed by atoms with Crippen molar-refractivity contribution in [2.24, 2.45) is 11.8 Å². The van der Waals surface area contributed by atoms with E-state index in [9.17, 15) is 13.6 Å². The lowest BCUT2D eigenvalue weighted by Crippen LogP contribution is -2.39. The second-order valence-electron chi connectivity index (χ2n) is 8.66. The molecule has 0 radical (unpaired) electrons.